The van der Waals surface area contributed by atoms with Crippen LogP contribution in [0.1, 0.15) is 5.79 Å². The van der Waals surface area contributed by atoms with Gasteiger partial charge in [-0.3, -0.25) is 9.36 Å². The van der Waals surface area contributed by atoms with Crippen molar-refractivity contribution in [1.29, 1.82) is 0 Å². The summed E-state index contributed by atoms with van der Waals surface area (Å²) < 4.78 is 4.42. The molecule has 0 aliphatic carbocycles. The molecule has 172 valence electrons. The highest BCUT2D eigenvalue weighted by Gasteiger charge is 2.49. The van der Waals surface area contributed by atoms with E-state index >= 15 is 0 Å². The molecule has 33 heavy (non-hydrogen) atoms. The second kappa shape index (κ2) is 8.87. The van der Waals surface area contributed by atoms with Crippen LogP contribution in [0.2, 0.25) is 39.3 Å². The van der Waals surface area contributed by atoms with Gasteiger partial charge in [0.2, 0.25) is 0 Å². The van der Waals surface area contributed by atoms with Gasteiger partial charge in [-0.2, -0.15) is 21.3 Å². The van der Waals surface area contributed by atoms with E-state index in [1.807, 2.05) is 12.4 Å². The van der Waals surface area contributed by atoms with Gasteiger partial charge in [0.1, 0.15) is 16.1 Å². The molecule has 0 unspecified atom stereocenters. The fraction of sp³-hybridized carbons (Fsp3) is 0.280. The summed E-state index contributed by atoms with van der Waals surface area (Å²) in [6, 6.07) is 25.5. The lowest BCUT2D eigenvalue weighted by atomic mass is 10.4. The largest absolute Gasteiger partial charge is 0.267 e. The van der Waals surface area contributed by atoms with Gasteiger partial charge in [-0.15, -0.1) is 0 Å². The Labute approximate surface area is 205 Å². The summed E-state index contributed by atoms with van der Waals surface area (Å²) in [4.78, 5) is 0. The zero-order chi connectivity index (χ0) is 23.9. The maximum absolute atomic E-state index is 8.03. The molecule has 4 rings (SSSR count). The molecule has 4 aromatic rings. The van der Waals surface area contributed by atoms with Crippen LogP contribution in [0, 0.1) is 0 Å². The van der Waals surface area contributed by atoms with Gasteiger partial charge in [0.05, 0.1) is 0 Å². The minimum atomic E-state index is -2.94. The Balaban J connectivity index is 2.10. The Bertz CT molecular complexity index is 1120. The van der Waals surface area contributed by atoms with Crippen LogP contribution in [-0.4, -0.2) is 43.1 Å². The first-order chi connectivity index (χ1) is 15.5. The maximum atomic E-state index is 8.03. The molecule has 0 spiro atoms. The average molecular weight is 509 g/mol. The molecule has 0 radical (unpaired) electrons. The average Bonchev–Trinajstić information content (AvgIpc) is 3.45. The van der Waals surface area contributed by atoms with Crippen LogP contribution in [0.15, 0.2) is 85.2 Å². The van der Waals surface area contributed by atoms with Gasteiger partial charge in [0, 0.05) is 23.0 Å². The number of benzene rings is 2. The minimum Gasteiger partial charge on any atom is -0.251 e. The zero-order valence-corrected chi connectivity index (χ0v) is 24.1. The highest BCUT2D eigenvalue weighted by Crippen LogP contribution is 2.27. The molecule has 0 N–H and O–H groups in total. The van der Waals surface area contributed by atoms with Crippen LogP contribution in [-0.2, 0) is 0 Å². The van der Waals surface area contributed by atoms with Crippen molar-refractivity contribution < 1.29 is 0 Å². The van der Waals surface area contributed by atoms with Gasteiger partial charge in [-0.25, -0.2) is 0 Å². The van der Waals surface area contributed by atoms with Crippen LogP contribution < -0.4 is 21.0 Å². The summed E-state index contributed by atoms with van der Waals surface area (Å²) in [6.07, 6.45) is 3.86. The molecular weight excluding hydrogens is 476 g/mol. The molecule has 8 heteroatoms. The summed E-state index contributed by atoms with van der Waals surface area (Å²) in [5.74, 6) is -0.225. The predicted octanol–water partition coefficient (Wildman–Crippen LogP) is 3.75. The number of nitrogens with zero attached hydrogens (tertiary/aromatic N) is 4. The Hall–Kier alpha value is -2.20. The standard InChI is InChI=1S/C25H33ClN4Si3/c1-31(2,3)23-17-19-27-29(23)25(30-24(18-20-28-30)32(4,5)6)33(26,21-13-9-7-10-14-21)22-15-11-8-12-16-22/h7-20,25H,1-6H3. The minimum absolute atomic E-state index is 0.225. The number of hydrogen-bond donors (Lipinski definition) is 0. The first-order valence-corrected chi connectivity index (χ1v) is 21.5. The van der Waals surface area contributed by atoms with Crippen LogP contribution in [0.5, 0.6) is 0 Å². The topological polar surface area (TPSA) is 35.6 Å². The summed E-state index contributed by atoms with van der Waals surface area (Å²) in [6.45, 7) is 14.2. The van der Waals surface area contributed by atoms with Crippen molar-refractivity contribution in [2.75, 3.05) is 0 Å². The third kappa shape index (κ3) is 4.47. The van der Waals surface area contributed by atoms with Crippen molar-refractivity contribution >= 4 is 55.6 Å². The van der Waals surface area contributed by atoms with Crippen molar-refractivity contribution in [2.24, 2.45) is 0 Å². The van der Waals surface area contributed by atoms with E-state index in [4.69, 9.17) is 21.3 Å². The van der Waals surface area contributed by atoms with Crippen LogP contribution in [0.3, 0.4) is 0 Å². The lowest BCUT2D eigenvalue weighted by Crippen LogP contribution is -2.66. The molecule has 2 aromatic carbocycles. The lowest BCUT2D eigenvalue weighted by molar-refractivity contribution is 0.483. The van der Waals surface area contributed by atoms with Crippen molar-refractivity contribution in [3.05, 3.63) is 85.2 Å². The number of hydrogen-bond acceptors (Lipinski definition) is 2. The van der Waals surface area contributed by atoms with E-state index in [0.717, 1.165) is 10.4 Å². The quantitative estimate of drug-likeness (QED) is 0.281. The fourth-order valence-corrected chi connectivity index (χ4v) is 12.3. The van der Waals surface area contributed by atoms with E-state index in [-0.39, 0.29) is 5.79 Å². The Kier molecular flexibility index (Phi) is 6.43. The van der Waals surface area contributed by atoms with Gasteiger partial charge >= 0.3 is 0 Å². The molecule has 0 amide bonds. The van der Waals surface area contributed by atoms with Crippen LogP contribution in [0.4, 0.5) is 0 Å². The lowest BCUT2D eigenvalue weighted by Gasteiger charge is -2.38. The van der Waals surface area contributed by atoms with E-state index in [1.54, 1.807) is 0 Å². The molecule has 0 atom stereocenters. The number of halogens is 1. The summed E-state index contributed by atoms with van der Waals surface area (Å²) in [7, 11) is -6.36. The SMILES string of the molecule is C[Si](C)(C)c1ccnn1C(n1nccc1[Si](C)(C)C)[Si](Cl)(c1ccccc1)c1ccccc1. The van der Waals surface area contributed by atoms with Crippen molar-refractivity contribution in [2.45, 2.75) is 45.1 Å². The monoisotopic (exact) mass is 508 g/mol. The predicted molar refractivity (Wildman–Crippen MR) is 149 cm³/mol. The summed E-state index contributed by atoms with van der Waals surface area (Å²) in [5.41, 5.74) is 0. The highest BCUT2D eigenvalue weighted by atomic mass is 35.6. The summed E-state index contributed by atoms with van der Waals surface area (Å²) in [5, 5.41) is 14.8. The van der Waals surface area contributed by atoms with E-state index in [2.05, 4.69) is 121 Å². The Morgan fingerprint density at radius 3 is 1.30 bits per heavy atom. The normalized spacial score (nSPS) is 13.0. The Morgan fingerprint density at radius 2 is 0.970 bits per heavy atom. The van der Waals surface area contributed by atoms with Gasteiger partial charge in [0.25, 0.3) is 7.38 Å². The van der Waals surface area contributed by atoms with Crippen LogP contribution >= 0.6 is 11.1 Å². The van der Waals surface area contributed by atoms with Crippen molar-refractivity contribution in [3.63, 3.8) is 0 Å². The molecule has 0 aliphatic heterocycles. The van der Waals surface area contributed by atoms with Gasteiger partial charge in [-0.1, -0.05) is 99.9 Å². The van der Waals surface area contributed by atoms with E-state index < -0.39 is 23.5 Å². The second-order valence-corrected chi connectivity index (χ2v) is 25.5. The molecule has 0 saturated carbocycles. The smallest absolute Gasteiger partial charge is 0.251 e. The van der Waals surface area contributed by atoms with E-state index in [9.17, 15) is 0 Å². The fourth-order valence-electron chi connectivity index (χ4n) is 4.47. The number of aromatic nitrogens is 4. The van der Waals surface area contributed by atoms with Gasteiger partial charge in [-0.05, 0) is 22.5 Å². The molecule has 2 heterocycles. The van der Waals surface area contributed by atoms with E-state index in [1.165, 1.54) is 10.6 Å². The molecule has 0 aliphatic rings. The van der Waals surface area contributed by atoms with Crippen LogP contribution in [0.25, 0.3) is 0 Å². The van der Waals surface area contributed by atoms with Gasteiger partial charge < -0.3 is 0 Å². The van der Waals surface area contributed by atoms with Crippen molar-refractivity contribution in [1.82, 2.24) is 19.6 Å². The first-order valence-electron chi connectivity index (χ1n) is 11.4. The van der Waals surface area contributed by atoms with E-state index in [0.29, 0.717) is 0 Å². The van der Waals surface area contributed by atoms with Crippen molar-refractivity contribution in [3.8, 4) is 0 Å². The summed E-state index contributed by atoms with van der Waals surface area (Å²) >= 11 is 8.03. The molecule has 4 nitrogen and oxygen atoms in total. The highest BCUT2D eigenvalue weighted by molar-refractivity contribution is 7.34. The first kappa shape index (κ1) is 23.9. The number of rotatable bonds is 7. The molecule has 0 fully saturated rings. The molecule has 2 aromatic heterocycles. The molecule has 0 saturated heterocycles. The zero-order valence-electron chi connectivity index (χ0n) is 20.3. The Morgan fingerprint density at radius 1 is 0.606 bits per heavy atom. The maximum Gasteiger partial charge on any atom is 0.267 e. The molecule has 0 bridgehead atoms. The second-order valence-electron chi connectivity index (χ2n) is 10.6. The van der Waals surface area contributed by atoms with Gasteiger partial charge in [0.15, 0.2) is 5.79 Å². The molecular formula is C25H33ClN4Si3. The third-order valence-electron chi connectivity index (χ3n) is 6.08. The third-order valence-corrected chi connectivity index (χ3v) is 15.4.